The van der Waals surface area contributed by atoms with Crippen molar-refractivity contribution in [2.75, 3.05) is 27.9 Å². The van der Waals surface area contributed by atoms with Crippen molar-refractivity contribution < 1.29 is 33.3 Å². The summed E-state index contributed by atoms with van der Waals surface area (Å²) >= 11 is 0. The molecule has 0 fully saturated rings. The molecule has 0 radical (unpaired) electrons. The summed E-state index contributed by atoms with van der Waals surface area (Å²) in [5.74, 6) is -0.196. The molecule has 0 bridgehead atoms. The van der Waals surface area contributed by atoms with Crippen LogP contribution in [0.4, 0.5) is 0 Å². The maximum absolute atomic E-state index is 13.1. The van der Waals surface area contributed by atoms with Gasteiger partial charge in [-0.15, -0.1) is 0 Å². The Morgan fingerprint density at radius 3 is 2.41 bits per heavy atom. The largest absolute Gasteiger partial charge is 0.507 e. The van der Waals surface area contributed by atoms with Crippen molar-refractivity contribution in [1.29, 1.82) is 0 Å². The Morgan fingerprint density at radius 2 is 1.70 bits per heavy atom. The van der Waals surface area contributed by atoms with Gasteiger partial charge in [0.25, 0.3) is 0 Å². The van der Waals surface area contributed by atoms with E-state index < -0.39 is 17.5 Å². The second-order valence-corrected chi connectivity index (χ2v) is 8.31. The van der Waals surface area contributed by atoms with Gasteiger partial charge in [0.1, 0.15) is 17.1 Å². The van der Waals surface area contributed by atoms with Crippen LogP contribution in [-0.2, 0) is 16.0 Å². The van der Waals surface area contributed by atoms with E-state index >= 15 is 0 Å². The van der Waals surface area contributed by atoms with Crippen molar-refractivity contribution in [2.24, 2.45) is 0 Å². The summed E-state index contributed by atoms with van der Waals surface area (Å²) < 4.78 is 27.3. The third kappa shape index (κ3) is 5.53. The third-order valence-corrected chi connectivity index (χ3v) is 6.17. The van der Waals surface area contributed by atoms with E-state index in [2.05, 4.69) is 0 Å². The van der Waals surface area contributed by atoms with Gasteiger partial charge in [-0.05, 0) is 35.9 Å². The molecule has 0 amide bonds. The van der Waals surface area contributed by atoms with Crippen LogP contribution >= 0.6 is 0 Å². The van der Waals surface area contributed by atoms with Gasteiger partial charge in [0.05, 0.1) is 45.3 Å². The summed E-state index contributed by atoms with van der Waals surface area (Å²) in [5.41, 5.74) is 0.954. The fraction of sp³-hybridized carbons (Fsp3) is 0.241. The fourth-order valence-corrected chi connectivity index (χ4v) is 4.26. The minimum atomic E-state index is -0.917. The van der Waals surface area contributed by atoms with Crippen LogP contribution in [0.25, 0.3) is 11.0 Å². The molecule has 8 heteroatoms. The van der Waals surface area contributed by atoms with Crippen LogP contribution in [0.5, 0.6) is 23.0 Å². The summed E-state index contributed by atoms with van der Waals surface area (Å²) in [6.45, 7) is 0.295. The predicted molar refractivity (Wildman–Crippen MR) is 138 cm³/mol. The van der Waals surface area contributed by atoms with E-state index in [0.29, 0.717) is 35.5 Å². The Balaban J connectivity index is 1.76. The first kappa shape index (κ1) is 25.6. The number of para-hydroxylation sites is 2. The summed E-state index contributed by atoms with van der Waals surface area (Å²) in [6.07, 6.45) is 0.363. The average Bonchev–Trinajstić information content (AvgIpc) is 2.92. The van der Waals surface area contributed by atoms with Crippen LogP contribution in [0.15, 0.2) is 75.9 Å². The van der Waals surface area contributed by atoms with Gasteiger partial charge < -0.3 is 28.5 Å². The van der Waals surface area contributed by atoms with Crippen molar-refractivity contribution in [2.45, 2.75) is 18.8 Å². The number of carbonyl (C=O) groups is 1. The van der Waals surface area contributed by atoms with Crippen LogP contribution in [0.1, 0.15) is 29.0 Å². The molecule has 1 N–H and O–H groups in total. The number of esters is 1. The lowest BCUT2D eigenvalue weighted by Gasteiger charge is -2.22. The molecule has 0 aliphatic rings. The van der Waals surface area contributed by atoms with Crippen LogP contribution in [0.3, 0.4) is 0 Å². The van der Waals surface area contributed by atoms with Gasteiger partial charge in [0.2, 0.25) is 0 Å². The van der Waals surface area contributed by atoms with E-state index in [1.807, 2.05) is 24.3 Å². The van der Waals surface area contributed by atoms with Crippen molar-refractivity contribution >= 4 is 16.9 Å². The van der Waals surface area contributed by atoms with Crippen LogP contribution < -0.4 is 19.8 Å². The van der Waals surface area contributed by atoms with Gasteiger partial charge in [-0.1, -0.05) is 36.4 Å². The van der Waals surface area contributed by atoms with Gasteiger partial charge in [-0.3, -0.25) is 4.79 Å². The first-order valence-corrected chi connectivity index (χ1v) is 11.7. The standard InChI is InChI=1S/C29H28O8/c1-33-19-13-11-18(12-14-19)15-16-36-28-20(8-6-10-24(28)34-2)22(17-25(30)35-3)26-27(31)21-7-4-5-9-23(21)37-29(26)32/h4-14,22,31H,15-17H2,1-3H3. The van der Waals surface area contributed by atoms with Crippen molar-refractivity contribution in [3.63, 3.8) is 0 Å². The lowest BCUT2D eigenvalue weighted by atomic mass is 9.87. The number of ether oxygens (including phenoxy) is 4. The van der Waals surface area contributed by atoms with E-state index in [1.54, 1.807) is 49.6 Å². The van der Waals surface area contributed by atoms with E-state index in [4.69, 9.17) is 23.4 Å². The Bertz CT molecular complexity index is 1440. The predicted octanol–water partition coefficient (Wildman–Crippen LogP) is 4.83. The molecule has 0 spiro atoms. The minimum Gasteiger partial charge on any atom is -0.507 e. The van der Waals surface area contributed by atoms with Gasteiger partial charge in [-0.2, -0.15) is 0 Å². The highest BCUT2D eigenvalue weighted by Gasteiger charge is 2.31. The monoisotopic (exact) mass is 504 g/mol. The molecular formula is C29H28O8. The van der Waals surface area contributed by atoms with Crippen LogP contribution in [0.2, 0.25) is 0 Å². The molecule has 4 rings (SSSR count). The second-order valence-electron chi connectivity index (χ2n) is 8.31. The number of benzene rings is 3. The molecule has 192 valence electrons. The number of hydrogen-bond donors (Lipinski definition) is 1. The van der Waals surface area contributed by atoms with Gasteiger partial charge in [0, 0.05) is 17.9 Å². The Labute approximate surface area is 214 Å². The molecule has 1 heterocycles. The summed E-state index contributed by atoms with van der Waals surface area (Å²) in [7, 11) is 4.38. The number of carbonyl (C=O) groups excluding carboxylic acids is 1. The molecule has 0 saturated carbocycles. The lowest BCUT2D eigenvalue weighted by Crippen LogP contribution is -2.19. The molecule has 4 aromatic rings. The summed E-state index contributed by atoms with van der Waals surface area (Å²) in [6, 6.07) is 19.5. The van der Waals surface area contributed by atoms with E-state index in [-0.39, 0.29) is 23.3 Å². The molecule has 8 nitrogen and oxygen atoms in total. The number of fused-ring (bicyclic) bond motifs is 1. The van der Waals surface area contributed by atoms with Gasteiger partial charge in [-0.25, -0.2) is 4.79 Å². The second kappa shape index (κ2) is 11.5. The van der Waals surface area contributed by atoms with E-state index in [1.165, 1.54) is 14.2 Å². The first-order chi connectivity index (χ1) is 18.0. The lowest BCUT2D eigenvalue weighted by molar-refractivity contribution is -0.140. The van der Waals surface area contributed by atoms with Gasteiger partial charge in [0.15, 0.2) is 11.5 Å². The highest BCUT2D eigenvalue weighted by Crippen LogP contribution is 2.43. The van der Waals surface area contributed by atoms with Crippen molar-refractivity contribution in [3.8, 4) is 23.0 Å². The topological polar surface area (TPSA) is 104 Å². The average molecular weight is 505 g/mol. The van der Waals surface area contributed by atoms with Crippen molar-refractivity contribution in [3.05, 3.63) is 93.8 Å². The van der Waals surface area contributed by atoms with E-state index in [9.17, 15) is 14.7 Å². The fourth-order valence-electron chi connectivity index (χ4n) is 4.26. The third-order valence-electron chi connectivity index (χ3n) is 6.17. The smallest absolute Gasteiger partial charge is 0.343 e. The van der Waals surface area contributed by atoms with Crippen LogP contribution in [0, 0.1) is 0 Å². The summed E-state index contributed by atoms with van der Waals surface area (Å²) in [5, 5.41) is 11.5. The molecule has 1 unspecified atom stereocenters. The van der Waals surface area contributed by atoms with Crippen LogP contribution in [-0.4, -0.2) is 39.0 Å². The van der Waals surface area contributed by atoms with Gasteiger partial charge >= 0.3 is 11.6 Å². The molecule has 0 aliphatic carbocycles. The maximum Gasteiger partial charge on any atom is 0.343 e. The molecule has 0 aliphatic heterocycles. The zero-order chi connectivity index (χ0) is 26.4. The number of hydrogen-bond acceptors (Lipinski definition) is 8. The molecular weight excluding hydrogens is 476 g/mol. The Morgan fingerprint density at radius 1 is 0.946 bits per heavy atom. The minimum absolute atomic E-state index is 0.0580. The zero-order valence-electron chi connectivity index (χ0n) is 20.9. The van der Waals surface area contributed by atoms with Crippen molar-refractivity contribution in [1.82, 2.24) is 0 Å². The Kier molecular flexibility index (Phi) is 7.98. The molecule has 1 aromatic heterocycles. The molecule has 3 aromatic carbocycles. The maximum atomic E-state index is 13.1. The zero-order valence-corrected chi connectivity index (χ0v) is 20.9. The first-order valence-electron chi connectivity index (χ1n) is 11.7. The highest BCUT2D eigenvalue weighted by molar-refractivity contribution is 5.85. The number of aromatic hydroxyl groups is 1. The number of rotatable bonds is 10. The Hall–Kier alpha value is -4.46. The normalized spacial score (nSPS) is 11.6. The molecule has 0 saturated heterocycles. The quantitative estimate of drug-likeness (QED) is 0.242. The molecule has 1 atom stereocenters. The SMILES string of the molecule is COC(=O)CC(c1cccc(OC)c1OCCc1ccc(OC)cc1)c1c(O)c2ccccc2oc1=O. The summed E-state index contributed by atoms with van der Waals surface area (Å²) in [4.78, 5) is 25.5. The molecule has 37 heavy (non-hydrogen) atoms. The van der Waals surface area contributed by atoms with E-state index in [0.717, 1.165) is 11.3 Å². The number of methoxy groups -OCH3 is 3. The highest BCUT2D eigenvalue weighted by atomic mass is 16.5.